The number of hydrogen-bond acceptors (Lipinski definition) is 3. The Bertz CT molecular complexity index is 332. The Balaban J connectivity index is 2.94. The standard InChI is InChI=1S/C10H13BrFNO2/c11-7-5-8(14)10(15)6(9(7)12)3-1-2-4-13/h5,14-15H,1-4,13H2. The van der Waals surface area contributed by atoms with Gasteiger partial charge in [-0.05, 0) is 41.7 Å². The van der Waals surface area contributed by atoms with Crippen molar-refractivity contribution in [2.75, 3.05) is 6.54 Å². The van der Waals surface area contributed by atoms with E-state index in [-0.39, 0.29) is 21.5 Å². The normalized spacial score (nSPS) is 10.6. The van der Waals surface area contributed by atoms with Crippen LogP contribution in [0.15, 0.2) is 10.5 Å². The van der Waals surface area contributed by atoms with Crippen LogP contribution in [0.25, 0.3) is 0 Å². The number of rotatable bonds is 4. The predicted molar refractivity (Wildman–Crippen MR) is 59.4 cm³/mol. The molecule has 0 bridgehead atoms. The second-order valence-electron chi connectivity index (χ2n) is 3.26. The number of phenolic OH excluding ortho intramolecular Hbond substituents is 2. The van der Waals surface area contributed by atoms with Gasteiger partial charge in [0.1, 0.15) is 5.82 Å². The Morgan fingerprint density at radius 3 is 2.60 bits per heavy atom. The van der Waals surface area contributed by atoms with Gasteiger partial charge in [0.05, 0.1) is 4.47 Å². The first-order valence-electron chi connectivity index (χ1n) is 4.66. The number of halogens is 2. The van der Waals surface area contributed by atoms with Crippen LogP contribution in [0.4, 0.5) is 4.39 Å². The first-order valence-corrected chi connectivity index (χ1v) is 5.46. The zero-order valence-electron chi connectivity index (χ0n) is 8.13. The van der Waals surface area contributed by atoms with Crippen molar-refractivity contribution in [3.05, 3.63) is 21.9 Å². The Morgan fingerprint density at radius 2 is 2.00 bits per heavy atom. The highest BCUT2D eigenvalue weighted by Crippen LogP contribution is 2.36. The Morgan fingerprint density at radius 1 is 1.33 bits per heavy atom. The molecule has 84 valence electrons. The molecule has 0 spiro atoms. The van der Waals surface area contributed by atoms with Crippen LogP contribution in [0.3, 0.4) is 0 Å². The molecule has 4 N–H and O–H groups in total. The van der Waals surface area contributed by atoms with Crippen molar-refractivity contribution in [2.24, 2.45) is 5.73 Å². The zero-order valence-corrected chi connectivity index (χ0v) is 9.72. The molecule has 3 nitrogen and oxygen atoms in total. The van der Waals surface area contributed by atoms with E-state index >= 15 is 0 Å². The molecule has 15 heavy (non-hydrogen) atoms. The zero-order chi connectivity index (χ0) is 11.4. The Kier molecular flexibility index (Phi) is 4.35. The molecular weight excluding hydrogens is 265 g/mol. The molecule has 0 aliphatic heterocycles. The van der Waals surface area contributed by atoms with E-state index in [2.05, 4.69) is 15.9 Å². The summed E-state index contributed by atoms with van der Waals surface area (Å²) in [5.74, 6) is -1.22. The lowest BCUT2D eigenvalue weighted by Gasteiger charge is -2.08. The summed E-state index contributed by atoms with van der Waals surface area (Å²) in [7, 11) is 0. The SMILES string of the molecule is NCCCCc1c(O)c(O)cc(Br)c1F. The molecular formula is C10H13BrFNO2. The van der Waals surface area contributed by atoms with E-state index in [0.717, 1.165) is 12.5 Å². The number of aromatic hydroxyl groups is 2. The molecule has 0 atom stereocenters. The summed E-state index contributed by atoms with van der Waals surface area (Å²) in [5.41, 5.74) is 5.45. The average Bonchev–Trinajstić information content (AvgIpc) is 2.20. The van der Waals surface area contributed by atoms with Gasteiger partial charge in [-0.2, -0.15) is 0 Å². The van der Waals surface area contributed by atoms with E-state index in [0.29, 0.717) is 19.4 Å². The number of nitrogens with two attached hydrogens (primary N) is 1. The van der Waals surface area contributed by atoms with Crippen LogP contribution >= 0.6 is 15.9 Å². The van der Waals surface area contributed by atoms with Crippen molar-refractivity contribution in [1.29, 1.82) is 0 Å². The molecule has 0 aromatic heterocycles. The van der Waals surface area contributed by atoms with Crippen molar-refractivity contribution in [3.63, 3.8) is 0 Å². The molecule has 0 radical (unpaired) electrons. The average molecular weight is 278 g/mol. The molecule has 1 rings (SSSR count). The van der Waals surface area contributed by atoms with E-state index in [1.807, 2.05) is 0 Å². The highest BCUT2D eigenvalue weighted by Gasteiger charge is 2.15. The van der Waals surface area contributed by atoms with Crippen molar-refractivity contribution in [1.82, 2.24) is 0 Å². The fourth-order valence-corrected chi connectivity index (χ4v) is 1.78. The van der Waals surface area contributed by atoms with Crippen LogP contribution in [0.2, 0.25) is 0 Å². The van der Waals surface area contributed by atoms with Gasteiger partial charge in [-0.15, -0.1) is 0 Å². The topological polar surface area (TPSA) is 66.5 Å². The van der Waals surface area contributed by atoms with Gasteiger partial charge in [-0.3, -0.25) is 0 Å². The van der Waals surface area contributed by atoms with Crippen LogP contribution in [0, 0.1) is 5.82 Å². The second kappa shape index (κ2) is 5.32. The first kappa shape index (κ1) is 12.3. The molecule has 0 heterocycles. The quantitative estimate of drug-likeness (QED) is 0.584. The largest absolute Gasteiger partial charge is 0.504 e. The molecule has 0 aliphatic rings. The highest BCUT2D eigenvalue weighted by atomic mass is 79.9. The highest BCUT2D eigenvalue weighted by molar-refractivity contribution is 9.10. The summed E-state index contributed by atoms with van der Waals surface area (Å²) >= 11 is 2.97. The lowest BCUT2D eigenvalue weighted by molar-refractivity contribution is 0.392. The minimum atomic E-state index is -0.526. The molecule has 0 aliphatic carbocycles. The molecule has 5 heteroatoms. The molecule has 0 fully saturated rings. The third-order valence-corrected chi connectivity index (χ3v) is 2.72. The summed E-state index contributed by atoms with van der Waals surface area (Å²) in [6.45, 7) is 0.530. The van der Waals surface area contributed by atoms with E-state index in [9.17, 15) is 14.6 Å². The van der Waals surface area contributed by atoms with Crippen molar-refractivity contribution < 1.29 is 14.6 Å². The maximum absolute atomic E-state index is 13.5. The lowest BCUT2D eigenvalue weighted by Crippen LogP contribution is -2.00. The molecule has 1 aromatic rings. The fourth-order valence-electron chi connectivity index (χ4n) is 1.33. The van der Waals surface area contributed by atoms with Crippen molar-refractivity contribution in [3.8, 4) is 11.5 Å². The van der Waals surface area contributed by atoms with E-state index in [4.69, 9.17) is 5.73 Å². The first-order chi connectivity index (χ1) is 7.07. The monoisotopic (exact) mass is 277 g/mol. The second-order valence-corrected chi connectivity index (χ2v) is 4.12. The minimum absolute atomic E-state index is 0.135. The van der Waals surface area contributed by atoms with Crippen LogP contribution in [0.1, 0.15) is 18.4 Å². The molecule has 0 unspecified atom stereocenters. The van der Waals surface area contributed by atoms with Crippen molar-refractivity contribution >= 4 is 15.9 Å². The third kappa shape index (κ3) is 2.82. The molecule has 0 amide bonds. The predicted octanol–water partition coefficient (Wildman–Crippen LogP) is 2.28. The van der Waals surface area contributed by atoms with Crippen LogP contribution in [-0.2, 0) is 6.42 Å². The maximum Gasteiger partial charge on any atom is 0.163 e. The summed E-state index contributed by atoms with van der Waals surface area (Å²) < 4.78 is 13.7. The molecule has 0 saturated carbocycles. The van der Waals surface area contributed by atoms with Crippen LogP contribution in [0.5, 0.6) is 11.5 Å². The molecule has 1 aromatic carbocycles. The van der Waals surface area contributed by atoms with E-state index in [1.165, 1.54) is 0 Å². The van der Waals surface area contributed by atoms with Gasteiger partial charge in [-0.25, -0.2) is 4.39 Å². The number of benzene rings is 1. The minimum Gasteiger partial charge on any atom is -0.504 e. The summed E-state index contributed by atoms with van der Waals surface area (Å²) in [6.07, 6.45) is 1.80. The lowest BCUT2D eigenvalue weighted by atomic mass is 10.1. The number of phenols is 2. The van der Waals surface area contributed by atoms with Gasteiger partial charge in [0.2, 0.25) is 0 Å². The number of unbranched alkanes of at least 4 members (excludes halogenated alkanes) is 1. The Hall–Kier alpha value is -0.810. The van der Waals surface area contributed by atoms with Gasteiger partial charge >= 0.3 is 0 Å². The Labute approximate surface area is 95.9 Å². The van der Waals surface area contributed by atoms with Gasteiger partial charge in [0.25, 0.3) is 0 Å². The van der Waals surface area contributed by atoms with Gasteiger partial charge in [-0.1, -0.05) is 0 Å². The maximum atomic E-state index is 13.5. The van der Waals surface area contributed by atoms with Gasteiger partial charge in [0, 0.05) is 11.6 Å². The summed E-state index contributed by atoms with van der Waals surface area (Å²) in [4.78, 5) is 0. The smallest absolute Gasteiger partial charge is 0.163 e. The summed E-state index contributed by atoms with van der Waals surface area (Å²) in [6, 6.07) is 1.14. The van der Waals surface area contributed by atoms with Gasteiger partial charge in [0.15, 0.2) is 11.5 Å². The number of hydrogen-bond donors (Lipinski definition) is 3. The third-order valence-electron chi connectivity index (χ3n) is 2.15. The molecule has 0 saturated heterocycles. The fraction of sp³-hybridized carbons (Fsp3) is 0.400. The van der Waals surface area contributed by atoms with Crippen molar-refractivity contribution in [2.45, 2.75) is 19.3 Å². The van der Waals surface area contributed by atoms with E-state index < -0.39 is 5.82 Å². The summed E-state index contributed by atoms with van der Waals surface area (Å²) in [5, 5.41) is 18.8. The van der Waals surface area contributed by atoms with Gasteiger partial charge < -0.3 is 15.9 Å². The van der Waals surface area contributed by atoms with E-state index in [1.54, 1.807) is 0 Å². The van der Waals surface area contributed by atoms with Crippen LogP contribution < -0.4 is 5.73 Å². The van der Waals surface area contributed by atoms with Crippen LogP contribution in [-0.4, -0.2) is 16.8 Å².